The summed E-state index contributed by atoms with van der Waals surface area (Å²) in [5.41, 5.74) is 4.58. The highest BCUT2D eigenvalue weighted by Crippen LogP contribution is 2.22. The van der Waals surface area contributed by atoms with Crippen molar-refractivity contribution in [1.82, 2.24) is 4.90 Å². The van der Waals surface area contributed by atoms with Crippen LogP contribution in [0.15, 0.2) is 54.6 Å². The van der Waals surface area contributed by atoms with Crippen molar-refractivity contribution in [3.05, 3.63) is 71.3 Å². The van der Waals surface area contributed by atoms with Crippen molar-refractivity contribution >= 4 is 17.7 Å². The Kier molecular flexibility index (Phi) is 6.92. The average Bonchev–Trinajstić information content (AvgIpc) is 2.69. The van der Waals surface area contributed by atoms with Gasteiger partial charge in [0.1, 0.15) is 0 Å². The minimum Gasteiger partial charge on any atom is -0.323 e. The van der Waals surface area contributed by atoms with Crippen molar-refractivity contribution < 1.29 is 4.79 Å². The molecular formula is C26H34N2O. The molecule has 3 nitrogen and oxygen atoms in total. The molecule has 1 saturated heterocycles. The van der Waals surface area contributed by atoms with Crippen LogP contribution in [0.3, 0.4) is 0 Å². The molecule has 1 amide bonds. The number of benzene rings is 2. The SMILES string of the molecule is CC1CCN(Cc2ccc(NC(=O)/C=C/c3ccc(C(C)(C)C)cc3)cc2)CC1. The van der Waals surface area contributed by atoms with E-state index in [0.717, 1.165) is 23.7 Å². The molecule has 3 heteroatoms. The molecule has 0 aliphatic carbocycles. The molecule has 29 heavy (non-hydrogen) atoms. The number of nitrogens with zero attached hydrogens (tertiary/aromatic N) is 1. The summed E-state index contributed by atoms with van der Waals surface area (Å²) in [6, 6.07) is 16.6. The first-order chi connectivity index (χ1) is 13.8. The van der Waals surface area contributed by atoms with Crippen LogP contribution in [0.25, 0.3) is 6.08 Å². The molecule has 0 unspecified atom stereocenters. The Bertz CT molecular complexity index is 821. The van der Waals surface area contributed by atoms with Gasteiger partial charge in [-0.2, -0.15) is 0 Å². The van der Waals surface area contributed by atoms with Gasteiger partial charge in [0.2, 0.25) is 5.91 Å². The summed E-state index contributed by atoms with van der Waals surface area (Å²) in [6.45, 7) is 12.3. The van der Waals surface area contributed by atoms with Gasteiger partial charge in [0.05, 0.1) is 0 Å². The number of hydrogen-bond acceptors (Lipinski definition) is 2. The van der Waals surface area contributed by atoms with E-state index >= 15 is 0 Å². The lowest BCUT2D eigenvalue weighted by Crippen LogP contribution is -2.32. The van der Waals surface area contributed by atoms with Crippen molar-refractivity contribution in [3.8, 4) is 0 Å². The van der Waals surface area contributed by atoms with Gasteiger partial charge in [-0.3, -0.25) is 9.69 Å². The van der Waals surface area contributed by atoms with Crippen LogP contribution in [-0.4, -0.2) is 23.9 Å². The lowest BCUT2D eigenvalue weighted by Gasteiger charge is -2.30. The van der Waals surface area contributed by atoms with Gasteiger partial charge >= 0.3 is 0 Å². The summed E-state index contributed by atoms with van der Waals surface area (Å²) in [6.07, 6.45) is 6.03. The number of carbonyl (C=O) groups is 1. The third-order valence-corrected chi connectivity index (χ3v) is 5.71. The van der Waals surface area contributed by atoms with E-state index in [9.17, 15) is 4.79 Å². The van der Waals surface area contributed by atoms with Crippen LogP contribution in [0, 0.1) is 5.92 Å². The summed E-state index contributed by atoms with van der Waals surface area (Å²) in [7, 11) is 0. The van der Waals surface area contributed by atoms with Gasteiger partial charge in [0, 0.05) is 18.3 Å². The number of carbonyl (C=O) groups excluding carboxylic acids is 1. The molecule has 1 fully saturated rings. The minimum absolute atomic E-state index is 0.109. The molecule has 3 rings (SSSR count). The lowest BCUT2D eigenvalue weighted by atomic mass is 9.87. The lowest BCUT2D eigenvalue weighted by molar-refractivity contribution is -0.111. The first kappa shape index (κ1) is 21.3. The smallest absolute Gasteiger partial charge is 0.248 e. The van der Waals surface area contributed by atoms with Crippen molar-refractivity contribution in [2.45, 2.75) is 52.5 Å². The average molecular weight is 391 g/mol. The summed E-state index contributed by atoms with van der Waals surface area (Å²) in [4.78, 5) is 14.8. The molecule has 2 aromatic rings. The first-order valence-electron chi connectivity index (χ1n) is 10.7. The van der Waals surface area contributed by atoms with E-state index in [-0.39, 0.29) is 11.3 Å². The molecule has 1 aliphatic rings. The Morgan fingerprint density at radius 2 is 1.66 bits per heavy atom. The molecular weight excluding hydrogens is 356 g/mol. The number of piperidine rings is 1. The Balaban J connectivity index is 1.50. The zero-order chi connectivity index (χ0) is 20.9. The number of anilines is 1. The number of likely N-dealkylation sites (tertiary alicyclic amines) is 1. The van der Waals surface area contributed by atoms with Crippen LogP contribution in [-0.2, 0) is 16.8 Å². The normalized spacial score (nSPS) is 16.3. The van der Waals surface area contributed by atoms with E-state index in [0.29, 0.717) is 0 Å². The van der Waals surface area contributed by atoms with Crippen LogP contribution in [0.1, 0.15) is 57.2 Å². The molecule has 1 aliphatic heterocycles. The highest BCUT2D eigenvalue weighted by atomic mass is 16.1. The molecule has 1 N–H and O–H groups in total. The van der Waals surface area contributed by atoms with Crippen LogP contribution in [0.4, 0.5) is 5.69 Å². The third-order valence-electron chi connectivity index (χ3n) is 5.71. The van der Waals surface area contributed by atoms with Gasteiger partial charge in [-0.05, 0) is 72.2 Å². The summed E-state index contributed by atoms with van der Waals surface area (Å²) >= 11 is 0. The standard InChI is InChI=1S/C26H34N2O/c1-20-15-17-28(18-16-20)19-22-7-12-24(13-8-22)27-25(29)14-9-21-5-10-23(11-6-21)26(2,3)4/h5-14,20H,15-19H2,1-4H3,(H,27,29)/b14-9+. The monoisotopic (exact) mass is 390 g/mol. The molecule has 0 bridgehead atoms. The fourth-order valence-corrected chi connectivity index (χ4v) is 3.62. The number of nitrogens with one attached hydrogen (secondary N) is 1. The molecule has 154 valence electrons. The van der Waals surface area contributed by atoms with Crippen molar-refractivity contribution in [2.24, 2.45) is 5.92 Å². The summed E-state index contributed by atoms with van der Waals surface area (Å²) in [5, 5.41) is 2.95. The van der Waals surface area contributed by atoms with Crippen molar-refractivity contribution in [2.75, 3.05) is 18.4 Å². The number of hydrogen-bond donors (Lipinski definition) is 1. The maximum absolute atomic E-state index is 12.2. The van der Waals surface area contributed by atoms with Gasteiger partial charge < -0.3 is 5.32 Å². The molecule has 2 aromatic carbocycles. The number of amides is 1. The Hall–Kier alpha value is -2.39. The first-order valence-corrected chi connectivity index (χ1v) is 10.7. The fourth-order valence-electron chi connectivity index (χ4n) is 3.62. The predicted octanol–water partition coefficient (Wildman–Crippen LogP) is 5.87. The van der Waals surface area contributed by atoms with Gasteiger partial charge in [0.25, 0.3) is 0 Å². The van der Waals surface area contributed by atoms with Crippen molar-refractivity contribution in [1.29, 1.82) is 0 Å². The molecule has 0 saturated carbocycles. The van der Waals surface area contributed by atoms with Gasteiger partial charge in [-0.25, -0.2) is 0 Å². The van der Waals surface area contributed by atoms with E-state index in [2.05, 4.69) is 74.3 Å². The molecule has 0 aromatic heterocycles. The van der Waals surface area contributed by atoms with E-state index in [4.69, 9.17) is 0 Å². The molecule has 1 heterocycles. The Morgan fingerprint density at radius 3 is 2.24 bits per heavy atom. The van der Waals surface area contributed by atoms with E-state index in [1.54, 1.807) is 6.08 Å². The highest BCUT2D eigenvalue weighted by molar-refractivity contribution is 6.01. The van der Waals surface area contributed by atoms with Crippen LogP contribution < -0.4 is 5.32 Å². The van der Waals surface area contributed by atoms with Crippen LogP contribution >= 0.6 is 0 Å². The van der Waals surface area contributed by atoms with E-state index in [1.807, 2.05) is 18.2 Å². The van der Waals surface area contributed by atoms with E-state index < -0.39 is 0 Å². The topological polar surface area (TPSA) is 32.3 Å². The second kappa shape index (κ2) is 9.41. The summed E-state index contributed by atoms with van der Waals surface area (Å²) in [5.74, 6) is 0.746. The Morgan fingerprint density at radius 1 is 1.03 bits per heavy atom. The van der Waals surface area contributed by atoms with Gasteiger partial charge in [-0.1, -0.05) is 64.1 Å². The molecule has 0 spiro atoms. The summed E-state index contributed by atoms with van der Waals surface area (Å²) < 4.78 is 0. The Labute approximate surface area is 175 Å². The molecule has 0 atom stereocenters. The highest BCUT2D eigenvalue weighted by Gasteiger charge is 2.15. The largest absolute Gasteiger partial charge is 0.323 e. The van der Waals surface area contributed by atoms with Crippen LogP contribution in [0.2, 0.25) is 0 Å². The number of rotatable bonds is 5. The van der Waals surface area contributed by atoms with Crippen LogP contribution in [0.5, 0.6) is 0 Å². The zero-order valence-electron chi connectivity index (χ0n) is 18.2. The van der Waals surface area contributed by atoms with Gasteiger partial charge in [0.15, 0.2) is 0 Å². The van der Waals surface area contributed by atoms with Gasteiger partial charge in [-0.15, -0.1) is 0 Å². The third kappa shape index (κ3) is 6.57. The minimum atomic E-state index is -0.109. The fraction of sp³-hybridized carbons (Fsp3) is 0.423. The second-order valence-corrected chi connectivity index (χ2v) is 9.35. The maximum Gasteiger partial charge on any atom is 0.248 e. The quantitative estimate of drug-likeness (QED) is 0.648. The predicted molar refractivity (Wildman–Crippen MR) is 123 cm³/mol. The zero-order valence-corrected chi connectivity index (χ0v) is 18.2. The molecule has 0 radical (unpaired) electrons. The second-order valence-electron chi connectivity index (χ2n) is 9.35. The van der Waals surface area contributed by atoms with E-state index in [1.165, 1.54) is 37.1 Å². The van der Waals surface area contributed by atoms with Crippen molar-refractivity contribution in [3.63, 3.8) is 0 Å². The maximum atomic E-state index is 12.2.